The van der Waals surface area contributed by atoms with Crippen molar-refractivity contribution < 1.29 is 9.53 Å². The zero-order valence-corrected chi connectivity index (χ0v) is 18.6. The summed E-state index contributed by atoms with van der Waals surface area (Å²) in [5.41, 5.74) is 2.63. The Kier molecular flexibility index (Phi) is 6.40. The molecule has 1 amide bonds. The molecular formula is C26H25N3O4. The van der Waals surface area contributed by atoms with Gasteiger partial charge in [-0.05, 0) is 54.4 Å². The minimum atomic E-state index is -0.558. The minimum Gasteiger partial charge on any atom is -0.497 e. The summed E-state index contributed by atoms with van der Waals surface area (Å²) in [6, 6.07) is 21.9. The van der Waals surface area contributed by atoms with E-state index >= 15 is 0 Å². The number of para-hydroxylation sites is 2. The van der Waals surface area contributed by atoms with Gasteiger partial charge >= 0.3 is 11.1 Å². The molecule has 1 aromatic heterocycles. The van der Waals surface area contributed by atoms with Crippen molar-refractivity contribution in [3.05, 3.63) is 110 Å². The smallest absolute Gasteiger partial charge is 0.317 e. The number of nitrogens with one attached hydrogen (secondary N) is 1. The number of ether oxygens (including phenoxy) is 1. The summed E-state index contributed by atoms with van der Waals surface area (Å²) in [5, 5.41) is 2.90. The van der Waals surface area contributed by atoms with Gasteiger partial charge in [-0.3, -0.25) is 19.0 Å². The third kappa shape index (κ3) is 4.57. The number of amides is 1. The summed E-state index contributed by atoms with van der Waals surface area (Å²) >= 11 is 0. The quantitative estimate of drug-likeness (QED) is 0.445. The summed E-state index contributed by atoms with van der Waals surface area (Å²) in [6.45, 7) is 2.92. The van der Waals surface area contributed by atoms with E-state index in [0.717, 1.165) is 22.4 Å². The van der Waals surface area contributed by atoms with Crippen molar-refractivity contribution in [3.63, 3.8) is 0 Å². The maximum absolute atomic E-state index is 12.8. The lowest BCUT2D eigenvalue weighted by Gasteiger charge is -2.14. The van der Waals surface area contributed by atoms with Crippen molar-refractivity contribution >= 4 is 16.9 Å². The third-order valence-electron chi connectivity index (χ3n) is 5.62. The number of carbonyl (C=O) groups excluding carboxylic acids is 1. The number of benzene rings is 3. The molecule has 0 saturated heterocycles. The fourth-order valence-corrected chi connectivity index (χ4v) is 3.81. The van der Waals surface area contributed by atoms with Gasteiger partial charge in [0.15, 0.2) is 0 Å². The Morgan fingerprint density at radius 1 is 0.818 bits per heavy atom. The van der Waals surface area contributed by atoms with E-state index in [4.69, 9.17) is 4.74 Å². The van der Waals surface area contributed by atoms with Gasteiger partial charge < -0.3 is 14.6 Å². The Hall–Kier alpha value is -4.13. The fraction of sp³-hybridized carbons (Fsp3) is 0.192. The molecule has 0 fully saturated rings. The first-order chi connectivity index (χ1) is 16.0. The van der Waals surface area contributed by atoms with Crippen LogP contribution in [0.2, 0.25) is 0 Å². The molecule has 0 unspecified atom stereocenters. The molecule has 168 valence electrons. The highest BCUT2D eigenvalue weighted by atomic mass is 16.5. The van der Waals surface area contributed by atoms with E-state index in [2.05, 4.69) is 5.32 Å². The standard InChI is InChI=1S/C26H25N3O4/c1-3-28-22-6-4-5-7-23(22)29(26(32)25(28)31)17-19-8-12-20(13-9-19)24(30)27-16-18-10-14-21(33-2)15-11-18/h4-15H,3,16-17H2,1-2H3,(H,27,30). The second-order valence-corrected chi connectivity index (χ2v) is 7.66. The van der Waals surface area contributed by atoms with Crippen molar-refractivity contribution in [2.75, 3.05) is 7.11 Å². The predicted octanol–water partition coefficient (Wildman–Crippen LogP) is 3.17. The van der Waals surface area contributed by atoms with Gasteiger partial charge in [-0.2, -0.15) is 0 Å². The normalized spacial score (nSPS) is 10.8. The van der Waals surface area contributed by atoms with Gasteiger partial charge in [0.1, 0.15) is 5.75 Å². The molecule has 0 bridgehead atoms. The molecule has 0 radical (unpaired) electrons. The fourth-order valence-electron chi connectivity index (χ4n) is 3.81. The molecule has 4 aromatic rings. The molecule has 0 saturated carbocycles. The van der Waals surface area contributed by atoms with E-state index < -0.39 is 11.1 Å². The second kappa shape index (κ2) is 9.56. The van der Waals surface area contributed by atoms with E-state index in [1.165, 1.54) is 9.13 Å². The van der Waals surface area contributed by atoms with Crippen LogP contribution in [0, 0.1) is 0 Å². The largest absolute Gasteiger partial charge is 0.497 e. The first-order valence-electron chi connectivity index (χ1n) is 10.7. The predicted molar refractivity (Wildman–Crippen MR) is 128 cm³/mol. The van der Waals surface area contributed by atoms with E-state index in [9.17, 15) is 14.4 Å². The van der Waals surface area contributed by atoms with Crippen LogP contribution in [0.3, 0.4) is 0 Å². The molecule has 1 N–H and O–H groups in total. The molecule has 0 aliphatic heterocycles. The van der Waals surface area contributed by atoms with Gasteiger partial charge in [-0.1, -0.05) is 36.4 Å². The summed E-state index contributed by atoms with van der Waals surface area (Å²) in [7, 11) is 1.61. The van der Waals surface area contributed by atoms with Crippen LogP contribution in [0.15, 0.2) is 82.4 Å². The Bertz CT molecular complexity index is 1400. The van der Waals surface area contributed by atoms with Crippen molar-refractivity contribution in [1.29, 1.82) is 0 Å². The lowest BCUT2D eigenvalue weighted by molar-refractivity contribution is 0.0951. The van der Waals surface area contributed by atoms with Crippen LogP contribution in [0.4, 0.5) is 0 Å². The van der Waals surface area contributed by atoms with Gasteiger partial charge in [-0.15, -0.1) is 0 Å². The van der Waals surface area contributed by atoms with Gasteiger partial charge in [0.25, 0.3) is 5.91 Å². The number of rotatable bonds is 7. The number of hydrogen-bond donors (Lipinski definition) is 1. The van der Waals surface area contributed by atoms with E-state index in [0.29, 0.717) is 24.2 Å². The average Bonchev–Trinajstić information content (AvgIpc) is 2.86. The number of hydrogen-bond acceptors (Lipinski definition) is 4. The number of fused-ring (bicyclic) bond motifs is 1. The van der Waals surface area contributed by atoms with Crippen molar-refractivity contribution in [2.24, 2.45) is 0 Å². The van der Waals surface area contributed by atoms with Crippen molar-refractivity contribution in [2.45, 2.75) is 26.6 Å². The monoisotopic (exact) mass is 443 g/mol. The zero-order valence-electron chi connectivity index (χ0n) is 18.6. The number of aromatic nitrogens is 2. The molecule has 4 rings (SSSR count). The van der Waals surface area contributed by atoms with Crippen LogP contribution in [-0.2, 0) is 19.6 Å². The topological polar surface area (TPSA) is 82.3 Å². The minimum absolute atomic E-state index is 0.189. The van der Waals surface area contributed by atoms with Gasteiger partial charge in [-0.25, -0.2) is 0 Å². The Labute approximate surface area is 190 Å². The van der Waals surface area contributed by atoms with E-state index in [1.807, 2.05) is 55.5 Å². The maximum Gasteiger partial charge on any atom is 0.317 e. The number of carbonyl (C=O) groups is 1. The van der Waals surface area contributed by atoms with Crippen LogP contribution < -0.4 is 21.2 Å². The summed E-state index contributed by atoms with van der Waals surface area (Å²) in [4.78, 5) is 37.8. The van der Waals surface area contributed by atoms with Crippen molar-refractivity contribution in [1.82, 2.24) is 14.5 Å². The lowest BCUT2D eigenvalue weighted by Crippen LogP contribution is -2.41. The van der Waals surface area contributed by atoms with Gasteiger partial charge in [0.2, 0.25) is 0 Å². The number of methoxy groups -OCH3 is 1. The Morgan fingerprint density at radius 3 is 2.00 bits per heavy atom. The first kappa shape index (κ1) is 22.1. The second-order valence-electron chi connectivity index (χ2n) is 7.66. The van der Waals surface area contributed by atoms with Gasteiger partial charge in [0, 0.05) is 18.7 Å². The molecule has 0 spiro atoms. The van der Waals surface area contributed by atoms with Crippen LogP contribution in [0.1, 0.15) is 28.4 Å². The Balaban J connectivity index is 1.51. The molecule has 0 aliphatic carbocycles. The molecular weight excluding hydrogens is 418 g/mol. The van der Waals surface area contributed by atoms with Gasteiger partial charge in [0.05, 0.1) is 24.7 Å². The van der Waals surface area contributed by atoms with E-state index in [-0.39, 0.29) is 12.5 Å². The highest BCUT2D eigenvalue weighted by Crippen LogP contribution is 2.14. The molecule has 0 atom stereocenters. The van der Waals surface area contributed by atoms with Crippen LogP contribution in [0.5, 0.6) is 5.75 Å². The summed E-state index contributed by atoms with van der Waals surface area (Å²) < 4.78 is 8.12. The molecule has 33 heavy (non-hydrogen) atoms. The SMILES string of the molecule is CCn1c(=O)c(=O)n(Cc2ccc(C(=O)NCc3ccc(OC)cc3)cc2)c2ccccc21. The molecule has 0 aliphatic rings. The zero-order chi connectivity index (χ0) is 23.4. The summed E-state index contributed by atoms with van der Waals surface area (Å²) in [5.74, 6) is 0.574. The van der Waals surface area contributed by atoms with Crippen LogP contribution >= 0.6 is 0 Å². The third-order valence-corrected chi connectivity index (χ3v) is 5.62. The number of nitrogens with zero attached hydrogens (tertiary/aromatic N) is 2. The molecule has 7 heteroatoms. The highest BCUT2D eigenvalue weighted by Gasteiger charge is 2.13. The van der Waals surface area contributed by atoms with E-state index in [1.54, 1.807) is 31.4 Å². The molecule has 7 nitrogen and oxygen atoms in total. The highest BCUT2D eigenvalue weighted by molar-refractivity contribution is 5.94. The summed E-state index contributed by atoms with van der Waals surface area (Å²) in [6.07, 6.45) is 0. The molecule has 1 heterocycles. The van der Waals surface area contributed by atoms with Crippen LogP contribution in [0.25, 0.3) is 11.0 Å². The molecule has 3 aromatic carbocycles. The maximum atomic E-state index is 12.8. The van der Waals surface area contributed by atoms with Crippen molar-refractivity contribution in [3.8, 4) is 5.75 Å². The Morgan fingerprint density at radius 2 is 1.39 bits per heavy atom. The lowest BCUT2D eigenvalue weighted by atomic mass is 10.1. The first-order valence-corrected chi connectivity index (χ1v) is 10.7. The average molecular weight is 444 g/mol. The van der Waals surface area contributed by atoms with Crippen LogP contribution in [-0.4, -0.2) is 22.2 Å². The number of aryl methyl sites for hydroxylation is 1.